The van der Waals surface area contributed by atoms with E-state index in [1.165, 1.54) is 6.07 Å². The molecule has 3 nitrogen and oxygen atoms in total. The zero-order valence-corrected chi connectivity index (χ0v) is 14.3. The maximum Gasteiger partial charge on any atom is 0.349 e. The smallest absolute Gasteiger partial charge is 0.349 e. The minimum atomic E-state index is -0.592. The molecule has 110 valence electrons. The first-order valence-electron chi connectivity index (χ1n) is 5.69. The van der Waals surface area contributed by atoms with Gasteiger partial charge in [-0.1, -0.05) is 50.7 Å². The van der Waals surface area contributed by atoms with Crippen molar-refractivity contribution in [1.82, 2.24) is 0 Å². The summed E-state index contributed by atoms with van der Waals surface area (Å²) in [6, 6.07) is 9.63. The fourth-order valence-corrected chi connectivity index (χ4v) is 2.61. The van der Waals surface area contributed by atoms with Crippen LogP contribution in [0, 0.1) is 0 Å². The van der Waals surface area contributed by atoms with Gasteiger partial charge in [-0.2, -0.15) is 0 Å². The van der Waals surface area contributed by atoms with Crippen LogP contribution < -0.4 is 9.47 Å². The van der Waals surface area contributed by atoms with Crippen molar-refractivity contribution in [2.45, 2.75) is 0 Å². The van der Waals surface area contributed by atoms with E-state index in [1.807, 2.05) is 0 Å². The first-order valence-corrected chi connectivity index (χ1v) is 7.62. The van der Waals surface area contributed by atoms with Gasteiger partial charge in [-0.15, -0.1) is 0 Å². The Balaban J connectivity index is 1.96. The summed E-state index contributed by atoms with van der Waals surface area (Å²) in [4.78, 5) is 11.7. The van der Waals surface area contributed by atoms with Crippen molar-refractivity contribution in [2.75, 3.05) is 6.61 Å². The lowest BCUT2D eigenvalue weighted by Gasteiger charge is -2.09. The molecular formula is C14H8BrCl3O3. The van der Waals surface area contributed by atoms with Gasteiger partial charge in [0.15, 0.2) is 6.61 Å². The number of carbonyl (C=O) groups excluding carboxylic acids is 1. The third kappa shape index (κ3) is 4.78. The highest BCUT2D eigenvalue weighted by atomic mass is 79.9. The Morgan fingerprint density at radius 1 is 1.00 bits per heavy atom. The van der Waals surface area contributed by atoms with Crippen LogP contribution in [0.25, 0.3) is 0 Å². The lowest BCUT2D eigenvalue weighted by atomic mass is 10.3. The number of hydrogen-bond acceptors (Lipinski definition) is 3. The fraction of sp³-hybridized carbons (Fsp3) is 0.0714. The zero-order chi connectivity index (χ0) is 15.4. The van der Waals surface area contributed by atoms with Crippen molar-refractivity contribution in [3.63, 3.8) is 0 Å². The second-order valence-corrected chi connectivity index (χ2v) is 6.08. The monoisotopic (exact) mass is 408 g/mol. The average Bonchev–Trinajstić information content (AvgIpc) is 2.41. The molecule has 0 heterocycles. The van der Waals surface area contributed by atoms with E-state index < -0.39 is 5.97 Å². The fourth-order valence-electron chi connectivity index (χ4n) is 1.44. The Labute approximate surface area is 144 Å². The van der Waals surface area contributed by atoms with E-state index in [-0.39, 0.29) is 12.4 Å². The molecule has 2 rings (SSSR count). The lowest BCUT2D eigenvalue weighted by Crippen LogP contribution is -2.18. The lowest BCUT2D eigenvalue weighted by molar-refractivity contribution is -0.136. The van der Waals surface area contributed by atoms with E-state index in [4.69, 9.17) is 44.3 Å². The van der Waals surface area contributed by atoms with Gasteiger partial charge >= 0.3 is 5.97 Å². The van der Waals surface area contributed by atoms with Gasteiger partial charge in [0.05, 0.1) is 10.0 Å². The van der Waals surface area contributed by atoms with Crippen molar-refractivity contribution in [3.8, 4) is 11.5 Å². The topological polar surface area (TPSA) is 35.5 Å². The van der Waals surface area contributed by atoms with Gasteiger partial charge in [-0.05, 0) is 36.4 Å². The SMILES string of the molecule is O=C(COc1ccc(Cl)cc1Cl)Oc1ccc(Br)cc1Cl. The van der Waals surface area contributed by atoms with Gasteiger partial charge in [0, 0.05) is 9.50 Å². The molecule has 0 N–H and O–H groups in total. The molecule has 0 aliphatic heterocycles. The predicted octanol–water partition coefficient (Wildman–Crippen LogP) is 5.39. The van der Waals surface area contributed by atoms with Gasteiger partial charge in [-0.25, -0.2) is 4.79 Å². The molecule has 0 aliphatic carbocycles. The van der Waals surface area contributed by atoms with E-state index in [0.717, 1.165) is 4.47 Å². The Morgan fingerprint density at radius 2 is 1.67 bits per heavy atom. The number of benzene rings is 2. The summed E-state index contributed by atoms with van der Waals surface area (Å²) in [5, 5.41) is 1.12. The van der Waals surface area contributed by atoms with Crippen molar-refractivity contribution in [3.05, 3.63) is 55.9 Å². The molecule has 0 aromatic heterocycles. The van der Waals surface area contributed by atoms with Gasteiger partial charge in [0.25, 0.3) is 0 Å². The molecule has 0 saturated carbocycles. The van der Waals surface area contributed by atoms with Gasteiger partial charge < -0.3 is 9.47 Å². The average molecular weight is 410 g/mol. The van der Waals surface area contributed by atoms with Crippen LogP contribution in [0.1, 0.15) is 0 Å². The third-order valence-corrected chi connectivity index (χ3v) is 3.68. The van der Waals surface area contributed by atoms with Gasteiger partial charge in [0.2, 0.25) is 0 Å². The number of carbonyl (C=O) groups is 1. The second-order valence-electron chi connectivity index (χ2n) is 3.91. The molecule has 0 amide bonds. The maximum atomic E-state index is 11.7. The van der Waals surface area contributed by atoms with Crippen molar-refractivity contribution in [1.29, 1.82) is 0 Å². The highest BCUT2D eigenvalue weighted by molar-refractivity contribution is 9.10. The van der Waals surface area contributed by atoms with E-state index in [0.29, 0.717) is 20.8 Å². The predicted molar refractivity (Wildman–Crippen MR) is 86.7 cm³/mol. The van der Waals surface area contributed by atoms with Gasteiger partial charge in [-0.3, -0.25) is 0 Å². The van der Waals surface area contributed by atoms with Gasteiger partial charge in [0.1, 0.15) is 11.5 Å². The molecule has 0 spiro atoms. The van der Waals surface area contributed by atoms with Crippen LogP contribution >= 0.6 is 50.7 Å². The Morgan fingerprint density at radius 3 is 2.33 bits per heavy atom. The van der Waals surface area contributed by atoms with E-state index >= 15 is 0 Å². The van der Waals surface area contributed by atoms with Crippen LogP contribution in [0.2, 0.25) is 15.1 Å². The number of ether oxygens (including phenoxy) is 2. The second kappa shape index (κ2) is 7.36. The summed E-state index contributed by atoms with van der Waals surface area (Å²) in [7, 11) is 0. The van der Waals surface area contributed by atoms with Crippen LogP contribution in [-0.4, -0.2) is 12.6 Å². The molecule has 0 atom stereocenters. The van der Waals surface area contributed by atoms with Crippen LogP contribution in [0.3, 0.4) is 0 Å². The number of rotatable bonds is 4. The Bertz CT molecular complexity index is 677. The Kier molecular flexibility index (Phi) is 5.76. The van der Waals surface area contributed by atoms with Crippen LogP contribution in [0.4, 0.5) is 0 Å². The minimum Gasteiger partial charge on any atom is -0.480 e. The van der Waals surface area contributed by atoms with Crippen molar-refractivity contribution >= 4 is 56.7 Å². The summed E-state index contributed by atoms with van der Waals surface area (Å²) in [6.07, 6.45) is 0. The Hall–Kier alpha value is -0.940. The van der Waals surface area contributed by atoms with Crippen molar-refractivity contribution < 1.29 is 14.3 Å². The molecule has 0 fully saturated rings. The first kappa shape index (κ1) is 16.4. The summed E-state index contributed by atoms with van der Waals surface area (Å²) in [6.45, 7) is -0.298. The summed E-state index contributed by atoms with van der Waals surface area (Å²) < 4.78 is 11.2. The molecule has 0 aliphatic rings. The minimum absolute atomic E-state index is 0.260. The standard InChI is InChI=1S/C14H8BrCl3O3/c15-8-1-3-13(10(17)5-8)21-14(19)7-20-12-4-2-9(16)6-11(12)18/h1-6H,7H2. The normalized spacial score (nSPS) is 10.3. The molecule has 0 saturated heterocycles. The molecule has 7 heteroatoms. The first-order chi connectivity index (χ1) is 9.95. The highest BCUT2D eigenvalue weighted by Gasteiger charge is 2.11. The molecular weight excluding hydrogens is 402 g/mol. The van der Waals surface area contributed by atoms with E-state index in [1.54, 1.807) is 30.3 Å². The van der Waals surface area contributed by atoms with E-state index in [9.17, 15) is 4.79 Å². The molecule has 21 heavy (non-hydrogen) atoms. The van der Waals surface area contributed by atoms with E-state index in [2.05, 4.69) is 15.9 Å². The molecule has 0 bridgehead atoms. The molecule has 0 unspecified atom stereocenters. The third-order valence-electron chi connectivity index (χ3n) is 2.36. The van der Waals surface area contributed by atoms with Crippen molar-refractivity contribution in [2.24, 2.45) is 0 Å². The van der Waals surface area contributed by atoms with Crippen LogP contribution in [0.5, 0.6) is 11.5 Å². The number of esters is 1. The van der Waals surface area contributed by atoms with Crippen LogP contribution in [-0.2, 0) is 4.79 Å². The molecule has 2 aromatic rings. The maximum absolute atomic E-state index is 11.7. The zero-order valence-electron chi connectivity index (χ0n) is 10.4. The summed E-state index contributed by atoms with van der Waals surface area (Å²) in [5.74, 6) is 0.0147. The molecule has 0 radical (unpaired) electrons. The largest absolute Gasteiger partial charge is 0.480 e. The highest BCUT2D eigenvalue weighted by Crippen LogP contribution is 2.29. The summed E-state index contributed by atoms with van der Waals surface area (Å²) in [5.41, 5.74) is 0. The van der Waals surface area contributed by atoms with Crippen LogP contribution in [0.15, 0.2) is 40.9 Å². The quantitative estimate of drug-likeness (QED) is 0.501. The molecule has 2 aromatic carbocycles. The summed E-state index contributed by atoms with van der Waals surface area (Å²) >= 11 is 20.9. The number of hydrogen-bond donors (Lipinski definition) is 0. The number of halogens is 4.